The van der Waals surface area contributed by atoms with Crippen molar-refractivity contribution in [3.05, 3.63) is 90.6 Å². The van der Waals surface area contributed by atoms with Crippen LogP contribution in [0.4, 0.5) is 23.1 Å². The Labute approximate surface area is 163 Å². The lowest BCUT2D eigenvalue weighted by Crippen LogP contribution is -2.03. The maximum atomic E-state index is 5.80. The van der Waals surface area contributed by atoms with Crippen molar-refractivity contribution >= 4 is 23.1 Å². The van der Waals surface area contributed by atoms with E-state index in [1.807, 2.05) is 85.8 Å². The molecule has 3 aromatic carbocycles. The molecule has 1 aromatic heterocycles. The first-order chi connectivity index (χ1) is 13.8. The fourth-order valence-corrected chi connectivity index (χ4v) is 2.63. The standard InChI is InChI=1S/C22H19N5O/c1-16-7-5-6-10-20(16)25-22-26-21(15-23-27-22)24-17-11-13-19(14-12-17)28-18-8-3-2-4-9-18/h2-15H,1H3,(H2,24,25,26,27). The summed E-state index contributed by atoms with van der Waals surface area (Å²) in [6.07, 6.45) is 1.58. The number of para-hydroxylation sites is 2. The Hall–Kier alpha value is -3.93. The van der Waals surface area contributed by atoms with Crippen molar-refractivity contribution in [2.24, 2.45) is 0 Å². The summed E-state index contributed by atoms with van der Waals surface area (Å²) >= 11 is 0. The predicted molar refractivity (Wildman–Crippen MR) is 111 cm³/mol. The van der Waals surface area contributed by atoms with Crippen LogP contribution in [-0.4, -0.2) is 15.2 Å². The Kier molecular flexibility index (Phi) is 5.11. The second-order valence-electron chi connectivity index (χ2n) is 6.17. The van der Waals surface area contributed by atoms with Gasteiger partial charge in [0.2, 0.25) is 5.95 Å². The molecule has 0 aliphatic rings. The van der Waals surface area contributed by atoms with E-state index in [4.69, 9.17) is 4.74 Å². The third-order valence-corrected chi connectivity index (χ3v) is 4.06. The van der Waals surface area contributed by atoms with Crippen LogP contribution in [0.25, 0.3) is 0 Å². The first-order valence-corrected chi connectivity index (χ1v) is 8.89. The van der Waals surface area contributed by atoms with Gasteiger partial charge in [0, 0.05) is 11.4 Å². The van der Waals surface area contributed by atoms with Crippen LogP contribution in [0.15, 0.2) is 85.1 Å². The Morgan fingerprint density at radius 3 is 2.25 bits per heavy atom. The molecule has 0 spiro atoms. The summed E-state index contributed by atoms with van der Waals surface area (Å²) in [6.45, 7) is 2.02. The predicted octanol–water partition coefficient (Wildman–Crippen LogP) is 5.46. The van der Waals surface area contributed by atoms with E-state index in [1.54, 1.807) is 6.20 Å². The molecule has 1 heterocycles. The topological polar surface area (TPSA) is 72.0 Å². The minimum absolute atomic E-state index is 0.434. The number of rotatable bonds is 6. The molecule has 0 aliphatic carbocycles. The number of aryl methyl sites for hydroxylation is 1. The van der Waals surface area contributed by atoms with Gasteiger partial charge in [-0.25, -0.2) is 0 Å². The van der Waals surface area contributed by atoms with Crippen LogP contribution in [0.3, 0.4) is 0 Å². The van der Waals surface area contributed by atoms with Gasteiger partial charge in [0.05, 0.1) is 6.20 Å². The lowest BCUT2D eigenvalue weighted by atomic mass is 10.2. The fraction of sp³-hybridized carbons (Fsp3) is 0.0455. The highest BCUT2D eigenvalue weighted by Crippen LogP contribution is 2.24. The normalized spacial score (nSPS) is 10.3. The molecule has 0 aliphatic heterocycles. The van der Waals surface area contributed by atoms with E-state index < -0.39 is 0 Å². The summed E-state index contributed by atoms with van der Waals surface area (Å²) < 4.78 is 5.80. The second-order valence-corrected chi connectivity index (χ2v) is 6.17. The Morgan fingerprint density at radius 1 is 0.750 bits per heavy atom. The van der Waals surface area contributed by atoms with Crippen molar-refractivity contribution in [3.8, 4) is 11.5 Å². The summed E-state index contributed by atoms with van der Waals surface area (Å²) in [4.78, 5) is 4.47. The van der Waals surface area contributed by atoms with E-state index in [9.17, 15) is 0 Å². The van der Waals surface area contributed by atoms with E-state index in [-0.39, 0.29) is 0 Å². The van der Waals surface area contributed by atoms with Gasteiger partial charge in [-0.1, -0.05) is 36.4 Å². The van der Waals surface area contributed by atoms with Gasteiger partial charge in [0.15, 0.2) is 5.82 Å². The molecular formula is C22H19N5O. The molecule has 138 valence electrons. The largest absolute Gasteiger partial charge is 0.457 e. The molecule has 0 radical (unpaired) electrons. The van der Waals surface area contributed by atoms with Crippen molar-refractivity contribution in [1.82, 2.24) is 15.2 Å². The minimum Gasteiger partial charge on any atom is -0.457 e. The number of aromatic nitrogens is 3. The van der Waals surface area contributed by atoms with E-state index in [0.717, 1.165) is 28.4 Å². The highest BCUT2D eigenvalue weighted by Gasteiger charge is 2.04. The molecule has 28 heavy (non-hydrogen) atoms. The first kappa shape index (κ1) is 17.5. The average molecular weight is 369 g/mol. The zero-order valence-electron chi connectivity index (χ0n) is 15.3. The van der Waals surface area contributed by atoms with Gasteiger partial charge in [0.1, 0.15) is 11.5 Å². The van der Waals surface area contributed by atoms with Crippen LogP contribution < -0.4 is 15.4 Å². The molecule has 0 saturated carbocycles. The molecule has 0 bridgehead atoms. The fourth-order valence-electron chi connectivity index (χ4n) is 2.63. The van der Waals surface area contributed by atoms with Crippen molar-refractivity contribution < 1.29 is 4.74 Å². The van der Waals surface area contributed by atoms with Gasteiger partial charge in [0.25, 0.3) is 0 Å². The average Bonchev–Trinajstić information content (AvgIpc) is 2.72. The molecule has 4 aromatic rings. The van der Waals surface area contributed by atoms with Gasteiger partial charge >= 0.3 is 0 Å². The Morgan fingerprint density at radius 2 is 1.46 bits per heavy atom. The second kappa shape index (κ2) is 8.18. The molecule has 0 atom stereocenters. The molecular weight excluding hydrogens is 350 g/mol. The third-order valence-electron chi connectivity index (χ3n) is 4.06. The van der Waals surface area contributed by atoms with Gasteiger partial charge in [-0.2, -0.15) is 10.1 Å². The van der Waals surface area contributed by atoms with Gasteiger partial charge < -0.3 is 15.4 Å². The lowest BCUT2D eigenvalue weighted by Gasteiger charge is -2.10. The molecule has 6 nitrogen and oxygen atoms in total. The molecule has 2 N–H and O–H groups in total. The highest BCUT2D eigenvalue weighted by molar-refractivity contribution is 5.61. The van der Waals surface area contributed by atoms with Crippen LogP contribution in [0.5, 0.6) is 11.5 Å². The van der Waals surface area contributed by atoms with E-state index >= 15 is 0 Å². The number of hydrogen-bond acceptors (Lipinski definition) is 6. The summed E-state index contributed by atoms with van der Waals surface area (Å²) in [7, 11) is 0. The van der Waals surface area contributed by atoms with Crippen molar-refractivity contribution in [2.45, 2.75) is 6.92 Å². The monoisotopic (exact) mass is 369 g/mol. The molecule has 0 amide bonds. The zero-order chi connectivity index (χ0) is 19.2. The summed E-state index contributed by atoms with van der Waals surface area (Å²) in [5.41, 5.74) is 2.94. The molecule has 4 rings (SSSR count). The molecule has 6 heteroatoms. The molecule has 0 unspecified atom stereocenters. The summed E-state index contributed by atoms with van der Waals surface area (Å²) in [5.74, 6) is 2.60. The number of ether oxygens (including phenoxy) is 1. The summed E-state index contributed by atoms with van der Waals surface area (Å²) in [6, 6.07) is 25.3. The van der Waals surface area contributed by atoms with Crippen LogP contribution in [0.2, 0.25) is 0 Å². The molecule has 0 saturated heterocycles. The van der Waals surface area contributed by atoms with Crippen molar-refractivity contribution in [3.63, 3.8) is 0 Å². The van der Waals surface area contributed by atoms with Crippen LogP contribution in [-0.2, 0) is 0 Å². The SMILES string of the molecule is Cc1ccccc1Nc1nncc(Nc2ccc(Oc3ccccc3)cc2)n1. The van der Waals surface area contributed by atoms with Crippen molar-refractivity contribution in [1.29, 1.82) is 0 Å². The van der Waals surface area contributed by atoms with Crippen LogP contribution in [0.1, 0.15) is 5.56 Å². The summed E-state index contributed by atoms with van der Waals surface area (Å²) in [5, 5.41) is 14.5. The van der Waals surface area contributed by atoms with E-state index in [2.05, 4.69) is 25.8 Å². The Balaban J connectivity index is 1.43. The number of anilines is 4. The number of nitrogens with one attached hydrogen (secondary N) is 2. The number of hydrogen-bond donors (Lipinski definition) is 2. The third kappa shape index (κ3) is 4.42. The quantitative estimate of drug-likeness (QED) is 0.470. The lowest BCUT2D eigenvalue weighted by molar-refractivity contribution is 0.483. The molecule has 0 fully saturated rings. The van der Waals surface area contributed by atoms with Crippen molar-refractivity contribution in [2.75, 3.05) is 10.6 Å². The van der Waals surface area contributed by atoms with Gasteiger partial charge in [-0.3, -0.25) is 0 Å². The van der Waals surface area contributed by atoms with Gasteiger partial charge in [-0.15, -0.1) is 5.10 Å². The minimum atomic E-state index is 0.434. The van der Waals surface area contributed by atoms with E-state index in [0.29, 0.717) is 11.8 Å². The van der Waals surface area contributed by atoms with Gasteiger partial charge in [-0.05, 0) is 55.0 Å². The number of benzene rings is 3. The maximum Gasteiger partial charge on any atom is 0.249 e. The maximum absolute atomic E-state index is 5.80. The highest BCUT2D eigenvalue weighted by atomic mass is 16.5. The van der Waals surface area contributed by atoms with Crippen LogP contribution >= 0.6 is 0 Å². The zero-order valence-corrected chi connectivity index (χ0v) is 15.3. The van der Waals surface area contributed by atoms with E-state index in [1.165, 1.54) is 0 Å². The number of nitrogens with zero attached hydrogens (tertiary/aromatic N) is 3. The first-order valence-electron chi connectivity index (χ1n) is 8.89. The smallest absolute Gasteiger partial charge is 0.249 e. The Bertz CT molecular complexity index is 1050. The van der Waals surface area contributed by atoms with Crippen LogP contribution in [0, 0.1) is 6.92 Å².